The first-order valence-electron chi connectivity index (χ1n) is 6.44. The minimum absolute atomic E-state index is 0.0197. The Morgan fingerprint density at radius 3 is 2.38 bits per heavy atom. The average molecular weight is 226 g/mol. The molecule has 1 aliphatic rings. The lowest BCUT2D eigenvalue weighted by molar-refractivity contribution is -0.127. The maximum Gasteiger partial charge on any atom is 0.240 e. The highest BCUT2D eigenvalue weighted by atomic mass is 16.2. The van der Waals surface area contributed by atoms with Gasteiger partial charge in [0.05, 0.1) is 5.54 Å². The van der Waals surface area contributed by atoms with Gasteiger partial charge in [-0.25, -0.2) is 0 Å². The van der Waals surface area contributed by atoms with Crippen molar-refractivity contribution >= 4 is 5.91 Å². The molecule has 1 aliphatic carbocycles. The zero-order valence-electron chi connectivity index (χ0n) is 11.0. The van der Waals surface area contributed by atoms with Gasteiger partial charge in [0.15, 0.2) is 0 Å². The third-order valence-electron chi connectivity index (χ3n) is 3.47. The first-order valence-corrected chi connectivity index (χ1v) is 6.44. The second-order valence-corrected chi connectivity index (χ2v) is 5.90. The summed E-state index contributed by atoms with van der Waals surface area (Å²) in [5.74, 6) is 1.10. The maximum absolute atomic E-state index is 12.0. The molecule has 1 saturated carbocycles. The number of carbonyl (C=O) groups excluding carboxylic acids is 1. The van der Waals surface area contributed by atoms with E-state index < -0.39 is 5.54 Å². The molecule has 3 nitrogen and oxygen atoms in total. The van der Waals surface area contributed by atoms with Gasteiger partial charge in [-0.05, 0) is 51.4 Å². The molecule has 2 atom stereocenters. The summed E-state index contributed by atoms with van der Waals surface area (Å²) in [4.78, 5) is 12.0. The van der Waals surface area contributed by atoms with Crippen molar-refractivity contribution < 1.29 is 4.79 Å². The van der Waals surface area contributed by atoms with Crippen LogP contribution in [0.15, 0.2) is 0 Å². The predicted octanol–water partition coefficient (Wildman–Crippen LogP) is 2.05. The van der Waals surface area contributed by atoms with E-state index in [2.05, 4.69) is 26.1 Å². The van der Waals surface area contributed by atoms with Gasteiger partial charge < -0.3 is 11.1 Å². The van der Waals surface area contributed by atoms with Crippen molar-refractivity contribution in [3.8, 4) is 0 Å². The molecule has 94 valence electrons. The van der Waals surface area contributed by atoms with Crippen LogP contribution in [0.1, 0.15) is 53.4 Å². The molecule has 3 N–H and O–H groups in total. The molecule has 0 aliphatic heterocycles. The molecule has 1 fully saturated rings. The fraction of sp³-hybridized carbons (Fsp3) is 0.923. The normalized spacial score (nSPS) is 21.6. The Morgan fingerprint density at radius 1 is 1.38 bits per heavy atom. The van der Waals surface area contributed by atoms with Crippen molar-refractivity contribution in [1.29, 1.82) is 0 Å². The van der Waals surface area contributed by atoms with E-state index in [-0.39, 0.29) is 11.9 Å². The van der Waals surface area contributed by atoms with Gasteiger partial charge in [-0.1, -0.05) is 13.8 Å². The van der Waals surface area contributed by atoms with Crippen LogP contribution in [0.3, 0.4) is 0 Å². The van der Waals surface area contributed by atoms with Crippen molar-refractivity contribution in [2.24, 2.45) is 17.6 Å². The molecule has 0 spiro atoms. The number of hydrogen-bond donors (Lipinski definition) is 2. The van der Waals surface area contributed by atoms with Crippen LogP contribution in [0.2, 0.25) is 0 Å². The quantitative estimate of drug-likeness (QED) is 0.728. The first-order chi connectivity index (χ1) is 7.34. The van der Waals surface area contributed by atoms with Gasteiger partial charge in [0.2, 0.25) is 5.91 Å². The highest BCUT2D eigenvalue weighted by Crippen LogP contribution is 2.38. The molecule has 0 aromatic carbocycles. The molecule has 1 amide bonds. The van der Waals surface area contributed by atoms with E-state index in [1.54, 1.807) is 0 Å². The standard InChI is InChI=1S/C13H26N2O/c1-9(2)5-6-10(3)15-12(16)13(4,14)11-7-8-11/h9-11H,5-8,14H2,1-4H3,(H,15,16). The molecule has 2 unspecified atom stereocenters. The number of carbonyl (C=O) groups is 1. The van der Waals surface area contributed by atoms with Crippen LogP contribution in [-0.4, -0.2) is 17.5 Å². The van der Waals surface area contributed by atoms with E-state index in [1.807, 2.05) is 6.92 Å². The van der Waals surface area contributed by atoms with Crippen LogP contribution in [0, 0.1) is 11.8 Å². The Labute approximate surface area is 99.2 Å². The van der Waals surface area contributed by atoms with Crippen molar-refractivity contribution in [1.82, 2.24) is 5.32 Å². The Balaban J connectivity index is 2.32. The van der Waals surface area contributed by atoms with Crippen LogP contribution >= 0.6 is 0 Å². The summed E-state index contributed by atoms with van der Waals surface area (Å²) in [7, 11) is 0. The zero-order chi connectivity index (χ0) is 12.3. The van der Waals surface area contributed by atoms with Crippen LogP contribution < -0.4 is 11.1 Å². The SMILES string of the molecule is CC(C)CCC(C)NC(=O)C(C)(N)C1CC1. The fourth-order valence-electron chi connectivity index (χ4n) is 1.90. The average Bonchev–Trinajstić information content (AvgIpc) is 2.97. The van der Waals surface area contributed by atoms with Crippen LogP contribution in [0.25, 0.3) is 0 Å². The van der Waals surface area contributed by atoms with E-state index in [4.69, 9.17) is 5.73 Å². The van der Waals surface area contributed by atoms with E-state index in [9.17, 15) is 4.79 Å². The number of rotatable bonds is 6. The van der Waals surface area contributed by atoms with Gasteiger partial charge in [0, 0.05) is 6.04 Å². The summed E-state index contributed by atoms with van der Waals surface area (Å²) in [6, 6.07) is 0.233. The second kappa shape index (κ2) is 5.17. The van der Waals surface area contributed by atoms with Crippen molar-refractivity contribution in [2.45, 2.75) is 65.0 Å². The van der Waals surface area contributed by atoms with E-state index in [0.717, 1.165) is 25.7 Å². The summed E-state index contributed by atoms with van der Waals surface area (Å²) >= 11 is 0. The summed E-state index contributed by atoms with van der Waals surface area (Å²) in [5, 5.41) is 3.03. The Hall–Kier alpha value is -0.570. The molecule has 0 heterocycles. The summed E-state index contributed by atoms with van der Waals surface area (Å²) in [6.07, 6.45) is 4.37. The second-order valence-electron chi connectivity index (χ2n) is 5.90. The van der Waals surface area contributed by atoms with Gasteiger partial charge in [0.1, 0.15) is 0 Å². The number of nitrogens with two attached hydrogens (primary N) is 1. The van der Waals surface area contributed by atoms with E-state index in [0.29, 0.717) is 11.8 Å². The Bertz CT molecular complexity index is 244. The lowest BCUT2D eigenvalue weighted by Gasteiger charge is -2.26. The minimum Gasteiger partial charge on any atom is -0.352 e. The molecule has 1 rings (SSSR count). The van der Waals surface area contributed by atoms with Crippen molar-refractivity contribution in [3.05, 3.63) is 0 Å². The maximum atomic E-state index is 12.0. The third kappa shape index (κ3) is 3.78. The van der Waals surface area contributed by atoms with Crippen molar-refractivity contribution in [2.75, 3.05) is 0 Å². The Kier molecular flexibility index (Phi) is 4.36. The Morgan fingerprint density at radius 2 is 1.94 bits per heavy atom. The number of nitrogens with one attached hydrogen (secondary N) is 1. The van der Waals surface area contributed by atoms with Crippen LogP contribution in [0.5, 0.6) is 0 Å². The topological polar surface area (TPSA) is 55.1 Å². The lowest BCUT2D eigenvalue weighted by atomic mass is 9.95. The molecule has 0 bridgehead atoms. The smallest absolute Gasteiger partial charge is 0.240 e. The predicted molar refractivity (Wildman–Crippen MR) is 67.0 cm³/mol. The zero-order valence-corrected chi connectivity index (χ0v) is 11.0. The summed E-state index contributed by atoms with van der Waals surface area (Å²) < 4.78 is 0. The highest BCUT2D eigenvalue weighted by Gasteiger charge is 2.44. The molecular formula is C13H26N2O. The monoisotopic (exact) mass is 226 g/mol. The number of hydrogen-bond acceptors (Lipinski definition) is 2. The lowest BCUT2D eigenvalue weighted by Crippen LogP contribution is -2.55. The van der Waals surface area contributed by atoms with Gasteiger partial charge >= 0.3 is 0 Å². The van der Waals surface area contributed by atoms with Gasteiger partial charge in [-0.15, -0.1) is 0 Å². The molecule has 16 heavy (non-hydrogen) atoms. The van der Waals surface area contributed by atoms with Crippen LogP contribution in [0.4, 0.5) is 0 Å². The van der Waals surface area contributed by atoms with Crippen LogP contribution in [-0.2, 0) is 4.79 Å². The molecule has 0 radical (unpaired) electrons. The van der Waals surface area contributed by atoms with E-state index >= 15 is 0 Å². The minimum atomic E-state index is -0.661. The van der Waals surface area contributed by atoms with Gasteiger partial charge in [-0.2, -0.15) is 0 Å². The largest absolute Gasteiger partial charge is 0.352 e. The molecule has 0 saturated heterocycles. The molecule has 0 aromatic heterocycles. The fourth-order valence-corrected chi connectivity index (χ4v) is 1.90. The van der Waals surface area contributed by atoms with Gasteiger partial charge in [0.25, 0.3) is 0 Å². The van der Waals surface area contributed by atoms with Gasteiger partial charge in [-0.3, -0.25) is 4.79 Å². The molecule has 3 heteroatoms. The first kappa shape index (κ1) is 13.5. The highest BCUT2D eigenvalue weighted by molar-refractivity contribution is 5.86. The molecule has 0 aromatic rings. The molecular weight excluding hydrogens is 200 g/mol. The summed E-state index contributed by atoms with van der Waals surface area (Å²) in [6.45, 7) is 8.32. The summed E-state index contributed by atoms with van der Waals surface area (Å²) in [5.41, 5.74) is 5.40. The third-order valence-corrected chi connectivity index (χ3v) is 3.47. The van der Waals surface area contributed by atoms with E-state index in [1.165, 1.54) is 0 Å². The van der Waals surface area contributed by atoms with Crippen molar-refractivity contribution in [3.63, 3.8) is 0 Å². The number of amides is 1.